The molecule has 7 heteroatoms. The van der Waals surface area contributed by atoms with Crippen molar-refractivity contribution in [2.45, 2.75) is 25.2 Å². The van der Waals surface area contributed by atoms with Crippen LogP contribution in [-0.4, -0.2) is 17.7 Å². The highest BCUT2D eigenvalue weighted by Gasteiger charge is 2.52. The van der Waals surface area contributed by atoms with Crippen molar-refractivity contribution in [2.75, 3.05) is 12.1 Å². The van der Waals surface area contributed by atoms with E-state index < -0.39 is 5.41 Å². The Morgan fingerprint density at radius 1 is 1.14 bits per heavy atom. The number of hydrogen-bond acceptors (Lipinski definition) is 5. The fraction of sp³-hybridized carbons (Fsp3) is 0.238. The maximum Gasteiger partial charge on any atom is 0.236 e. The van der Waals surface area contributed by atoms with Crippen LogP contribution in [-0.2, 0) is 10.2 Å². The number of rotatable bonds is 4. The molecule has 1 aromatic heterocycles. The Morgan fingerprint density at radius 3 is 2.64 bits per heavy atom. The van der Waals surface area contributed by atoms with E-state index in [2.05, 4.69) is 26.2 Å². The van der Waals surface area contributed by atoms with Crippen molar-refractivity contribution in [3.05, 3.63) is 57.4 Å². The summed E-state index contributed by atoms with van der Waals surface area (Å²) >= 11 is 4.95. The van der Waals surface area contributed by atoms with Crippen LogP contribution in [0.4, 0.5) is 5.13 Å². The number of aromatic nitrogens is 1. The third-order valence-electron chi connectivity index (χ3n) is 5.24. The lowest BCUT2D eigenvalue weighted by molar-refractivity contribution is -0.118. The minimum absolute atomic E-state index is 0.0116. The Hall–Kier alpha value is -2.38. The zero-order chi connectivity index (χ0) is 19.3. The molecule has 1 aliphatic heterocycles. The van der Waals surface area contributed by atoms with Crippen LogP contribution in [0.5, 0.6) is 11.5 Å². The Balaban J connectivity index is 1.38. The number of anilines is 1. The third kappa shape index (κ3) is 2.99. The van der Waals surface area contributed by atoms with Gasteiger partial charge in [-0.25, -0.2) is 4.98 Å². The van der Waals surface area contributed by atoms with E-state index >= 15 is 0 Å². The number of thiazole rings is 1. The molecule has 142 valence electrons. The number of carbonyl (C=O) groups is 1. The maximum absolute atomic E-state index is 13.1. The molecule has 1 amide bonds. The fourth-order valence-corrected chi connectivity index (χ4v) is 4.60. The Labute approximate surface area is 174 Å². The molecule has 1 aliphatic carbocycles. The minimum atomic E-state index is -0.502. The first-order valence-corrected chi connectivity index (χ1v) is 10.6. The zero-order valence-electron chi connectivity index (χ0n) is 15.1. The van der Waals surface area contributed by atoms with Crippen LogP contribution >= 0.6 is 27.3 Å². The Morgan fingerprint density at radius 2 is 1.89 bits per heavy atom. The van der Waals surface area contributed by atoms with Gasteiger partial charge >= 0.3 is 0 Å². The molecule has 1 N–H and O–H groups in total. The molecule has 0 saturated heterocycles. The van der Waals surface area contributed by atoms with Crippen molar-refractivity contribution >= 4 is 38.3 Å². The van der Waals surface area contributed by atoms with Crippen molar-refractivity contribution in [2.24, 2.45) is 0 Å². The standard InChI is InChI=1S/C21H17BrN2O3S/c1-12-18(13-2-5-15(22)6-3-13)23-20(28-12)24-19(25)21(8-9-21)14-4-7-16-17(10-14)27-11-26-16/h2-7,10H,8-9,11H2,1H3,(H,23,24,25). The van der Waals surface area contributed by atoms with Crippen molar-refractivity contribution in [3.8, 4) is 22.8 Å². The van der Waals surface area contributed by atoms with Crippen LogP contribution in [0.1, 0.15) is 23.3 Å². The lowest BCUT2D eigenvalue weighted by atomic mass is 9.94. The van der Waals surface area contributed by atoms with Crippen molar-refractivity contribution < 1.29 is 14.3 Å². The van der Waals surface area contributed by atoms with E-state index in [0.29, 0.717) is 10.9 Å². The van der Waals surface area contributed by atoms with E-state index in [9.17, 15) is 4.79 Å². The Bertz CT molecular complexity index is 1070. The fourth-order valence-electron chi connectivity index (χ4n) is 3.51. The quantitative estimate of drug-likeness (QED) is 0.579. The second-order valence-corrected chi connectivity index (χ2v) is 9.15. The highest BCUT2D eigenvalue weighted by Crippen LogP contribution is 2.51. The van der Waals surface area contributed by atoms with Crippen LogP contribution in [0.3, 0.4) is 0 Å². The number of benzene rings is 2. The Kier molecular flexibility index (Phi) is 4.17. The van der Waals surface area contributed by atoms with Crippen LogP contribution in [0.25, 0.3) is 11.3 Å². The topological polar surface area (TPSA) is 60.5 Å². The van der Waals surface area contributed by atoms with E-state index in [1.807, 2.05) is 49.4 Å². The monoisotopic (exact) mass is 456 g/mol. The van der Waals surface area contributed by atoms with Crippen molar-refractivity contribution in [3.63, 3.8) is 0 Å². The summed E-state index contributed by atoms with van der Waals surface area (Å²) in [5.41, 5.74) is 2.41. The number of halogens is 1. The predicted octanol–water partition coefficient (Wildman–Crippen LogP) is 5.28. The highest BCUT2D eigenvalue weighted by atomic mass is 79.9. The van der Waals surface area contributed by atoms with Gasteiger partial charge in [0.15, 0.2) is 16.6 Å². The van der Waals surface area contributed by atoms with E-state index in [4.69, 9.17) is 9.47 Å². The molecule has 5 nitrogen and oxygen atoms in total. The third-order valence-corrected chi connectivity index (χ3v) is 6.66. The highest BCUT2D eigenvalue weighted by molar-refractivity contribution is 9.10. The number of hydrogen-bond donors (Lipinski definition) is 1. The van der Waals surface area contributed by atoms with Gasteiger partial charge in [0.2, 0.25) is 12.7 Å². The van der Waals surface area contributed by atoms with Gasteiger partial charge in [-0.1, -0.05) is 34.1 Å². The van der Waals surface area contributed by atoms with Gasteiger partial charge in [-0.3, -0.25) is 4.79 Å². The van der Waals surface area contributed by atoms with Gasteiger partial charge in [0.1, 0.15) is 0 Å². The first-order valence-electron chi connectivity index (χ1n) is 9.00. The second kappa shape index (κ2) is 6.60. The second-order valence-electron chi connectivity index (χ2n) is 7.03. The summed E-state index contributed by atoms with van der Waals surface area (Å²) in [5, 5.41) is 3.67. The van der Waals surface area contributed by atoms with Crippen LogP contribution in [0.2, 0.25) is 0 Å². The molecule has 3 aromatic rings. The first-order chi connectivity index (χ1) is 13.5. The summed E-state index contributed by atoms with van der Waals surface area (Å²) in [4.78, 5) is 18.8. The summed E-state index contributed by atoms with van der Waals surface area (Å²) < 4.78 is 11.9. The van der Waals surface area contributed by atoms with Gasteiger partial charge in [0.05, 0.1) is 11.1 Å². The number of nitrogens with zero attached hydrogens (tertiary/aromatic N) is 1. The molecule has 0 bridgehead atoms. The van der Waals surface area contributed by atoms with Gasteiger partial charge in [0, 0.05) is 14.9 Å². The molecule has 1 fully saturated rings. The molecule has 0 radical (unpaired) electrons. The van der Waals surface area contributed by atoms with E-state index in [-0.39, 0.29) is 12.7 Å². The summed E-state index contributed by atoms with van der Waals surface area (Å²) in [7, 11) is 0. The molecular formula is C21H17BrN2O3S. The van der Waals surface area contributed by atoms with Gasteiger partial charge in [0.25, 0.3) is 0 Å². The predicted molar refractivity (Wildman–Crippen MR) is 112 cm³/mol. The lowest BCUT2D eigenvalue weighted by Crippen LogP contribution is -2.27. The van der Waals surface area contributed by atoms with Gasteiger partial charge in [-0.15, -0.1) is 11.3 Å². The molecule has 0 unspecified atom stereocenters. The zero-order valence-corrected chi connectivity index (χ0v) is 17.5. The number of carbonyl (C=O) groups excluding carboxylic acids is 1. The van der Waals surface area contributed by atoms with Gasteiger partial charge in [-0.05, 0) is 49.6 Å². The first kappa shape index (κ1) is 17.7. The number of fused-ring (bicyclic) bond motifs is 1. The summed E-state index contributed by atoms with van der Waals surface area (Å²) in [6, 6.07) is 13.8. The largest absolute Gasteiger partial charge is 0.454 e. The SMILES string of the molecule is Cc1sc(NC(=O)C2(c3ccc4c(c3)OCO4)CC2)nc1-c1ccc(Br)cc1. The smallest absolute Gasteiger partial charge is 0.236 e. The molecule has 5 rings (SSSR count). The van der Waals surface area contributed by atoms with E-state index in [1.165, 1.54) is 11.3 Å². The van der Waals surface area contributed by atoms with Crippen LogP contribution in [0, 0.1) is 6.92 Å². The molecule has 2 heterocycles. The molecule has 28 heavy (non-hydrogen) atoms. The summed E-state index contributed by atoms with van der Waals surface area (Å²) in [5.74, 6) is 1.43. The molecule has 2 aromatic carbocycles. The number of amides is 1. The van der Waals surface area contributed by atoms with E-state index in [0.717, 1.165) is 44.8 Å². The normalized spacial score (nSPS) is 16.1. The molecule has 0 atom stereocenters. The van der Waals surface area contributed by atoms with Crippen LogP contribution < -0.4 is 14.8 Å². The number of aryl methyl sites for hydroxylation is 1. The lowest BCUT2D eigenvalue weighted by Gasteiger charge is -2.15. The average Bonchev–Trinajstić information content (AvgIpc) is 3.24. The summed E-state index contributed by atoms with van der Waals surface area (Å²) in [6.07, 6.45) is 1.64. The van der Waals surface area contributed by atoms with E-state index in [1.54, 1.807) is 0 Å². The molecule has 0 spiro atoms. The number of nitrogens with one attached hydrogen (secondary N) is 1. The van der Waals surface area contributed by atoms with Crippen molar-refractivity contribution in [1.82, 2.24) is 4.98 Å². The minimum Gasteiger partial charge on any atom is -0.454 e. The van der Waals surface area contributed by atoms with Gasteiger partial charge in [-0.2, -0.15) is 0 Å². The van der Waals surface area contributed by atoms with Gasteiger partial charge < -0.3 is 14.8 Å². The summed E-state index contributed by atoms with van der Waals surface area (Å²) in [6.45, 7) is 2.25. The number of ether oxygens (including phenoxy) is 2. The molecular weight excluding hydrogens is 440 g/mol. The molecule has 1 saturated carbocycles. The van der Waals surface area contributed by atoms with Crippen molar-refractivity contribution in [1.29, 1.82) is 0 Å². The van der Waals surface area contributed by atoms with Crippen LogP contribution in [0.15, 0.2) is 46.9 Å². The average molecular weight is 457 g/mol. The molecule has 2 aliphatic rings. The maximum atomic E-state index is 13.1.